The number of hydrogen-bond acceptors (Lipinski definition) is 4. The minimum Gasteiger partial charge on any atom is -0.467 e. The number of aryl methyl sites for hydroxylation is 1. The van der Waals surface area contributed by atoms with Crippen LogP contribution in [0.2, 0.25) is 0 Å². The average molecular weight is 262 g/mol. The van der Waals surface area contributed by atoms with Gasteiger partial charge < -0.3 is 9.47 Å². The number of methoxy groups -OCH3 is 1. The molecule has 0 aliphatic carbocycles. The molecular weight excluding hydrogens is 244 g/mol. The first-order valence-electron chi connectivity index (χ1n) is 6.39. The van der Waals surface area contributed by atoms with E-state index in [1.165, 1.54) is 7.11 Å². The van der Waals surface area contributed by atoms with E-state index in [-0.39, 0.29) is 12.2 Å². The number of Topliss-reactive ketones (excluding diaryl/α,β-unsaturated/α-hetero) is 1. The van der Waals surface area contributed by atoms with Crippen LogP contribution in [0.4, 0.5) is 0 Å². The first-order valence-corrected chi connectivity index (χ1v) is 6.39. The molecule has 0 aromatic heterocycles. The molecular formula is C15H18O4. The van der Waals surface area contributed by atoms with Crippen molar-refractivity contribution < 1.29 is 19.1 Å². The zero-order chi connectivity index (χ0) is 14.0. The summed E-state index contributed by atoms with van der Waals surface area (Å²) in [5, 5.41) is 0. The molecule has 0 amide bonds. The van der Waals surface area contributed by atoms with Gasteiger partial charge in [-0.15, -0.1) is 0 Å². The van der Waals surface area contributed by atoms with Crippen molar-refractivity contribution in [3.8, 4) is 0 Å². The van der Waals surface area contributed by atoms with Crippen LogP contribution in [0.3, 0.4) is 0 Å². The Bertz CT molecular complexity index is 509. The third-order valence-corrected chi connectivity index (χ3v) is 3.63. The third kappa shape index (κ3) is 2.40. The molecule has 0 spiro atoms. The van der Waals surface area contributed by atoms with Gasteiger partial charge in [-0.3, -0.25) is 4.79 Å². The Balaban J connectivity index is 2.32. The van der Waals surface area contributed by atoms with Crippen molar-refractivity contribution in [1.29, 1.82) is 0 Å². The highest BCUT2D eigenvalue weighted by molar-refractivity contribution is 5.95. The maximum Gasteiger partial charge on any atom is 0.335 e. The van der Waals surface area contributed by atoms with E-state index in [0.29, 0.717) is 0 Å². The Morgan fingerprint density at radius 1 is 1.53 bits per heavy atom. The Morgan fingerprint density at radius 2 is 2.26 bits per heavy atom. The number of rotatable bonds is 3. The lowest BCUT2D eigenvalue weighted by Gasteiger charge is -2.23. The summed E-state index contributed by atoms with van der Waals surface area (Å²) < 4.78 is 10.3. The summed E-state index contributed by atoms with van der Waals surface area (Å²) in [6.45, 7) is 3.77. The molecule has 1 saturated heterocycles. The Morgan fingerprint density at radius 3 is 2.89 bits per heavy atom. The molecule has 102 valence electrons. The Hall–Kier alpha value is -1.68. The Labute approximate surface area is 112 Å². The fourth-order valence-corrected chi connectivity index (χ4v) is 2.33. The van der Waals surface area contributed by atoms with Crippen molar-refractivity contribution in [3.05, 3.63) is 35.4 Å². The quantitative estimate of drug-likeness (QED) is 0.782. The Kier molecular flexibility index (Phi) is 3.71. The number of carbonyl (C=O) groups is 2. The first kappa shape index (κ1) is 13.7. The summed E-state index contributed by atoms with van der Waals surface area (Å²) in [6, 6.07) is 7.72. The normalized spacial score (nSPS) is 26.5. The molecule has 1 aliphatic rings. The predicted molar refractivity (Wildman–Crippen MR) is 69.7 cm³/mol. The van der Waals surface area contributed by atoms with Gasteiger partial charge in [0.15, 0.2) is 11.9 Å². The molecule has 1 aromatic carbocycles. The monoisotopic (exact) mass is 262 g/mol. The number of esters is 1. The number of ketones is 1. The molecule has 2 atom stereocenters. The smallest absolute Gasteiger partial charge is 0.335 e. The van der Waals surface area contributed by atoms with Crippen LogP contribution in [0.5, 0.6) is 0 Å². The van der Waals surface area contributed by atoms with Crippen LogP contribution in [0.25, 0.3) is 0 Å². The van der Waals surface area contributed by atoms with Gasteiger partial charge in [0.2, 0.25) is 0 Å². The van der Waals surface area contributed by atoms with Gasteiger partial charge in [0.1, 0.15) is 5.60 Å². The van der Waals surface area contributed by atoms with Crippen LogP contribution in [0.1, 0.15) is 31.4 Å². The molecule has 2 unspecified atom stereocenters. The SMILES string of the molecule is CCc1cccc(C2(C)OC(C(=O)OC)CC2=O)c1. The highest BCUT2D eigenvalue weighted by Gasteiger charge is 2.48. The van der Waals surface area contributed by atoms with Crippen molar-refractivity contribution in [2.24, 2.45) is 0 Å². The fraction of sp³-hybridized carbons (Fsp3) is 0.467. The van der Waals surface area contributed by atoms with E-state index in [2.05, 4.69) is 11.7 Å². The van der Waals surface area contributed by atoms with Crippen molar-refractivity contribution in [1.82, 2.24) is 0 Å². The zero-order valence-corrected chi connectivity index (χ0v) is 11.4. The van der Waals surface area contributed by atoms with E-state index in [0.717, 1.165) is 17.5 Å². The van der Waals surface area contributed by atoms with Gasteiger partial charge in [0.25, 0.3) is 0 Å². The molecule has 4 heteroatoms. The van der Waals surface area contributed by atoms with E-state index in [1.54, 1.807) is 6.92 Å². The van der Waals surface area contributed by atoms with Gasteiger partial charge in [-0.2, -0.15) is 0 Å². The van der Waals surface area contributed by atoms with Crippen LogP contribution in [-0.4, -0.2) is 25.0 Å². The minimum absolute atomic E-state index is 0.0690. The van der Waals surface area contributed by atoms with E-state index >= 15 is 0 Å². The van der Waals surface area contributed by atoms with Crippen LogP contribution in [-0.2, 0) is 31.1 Å². The van der Waals surface area contributed by atoms with Crippen LogP contribution < -0.4 is 0 Å². The third-order valence-electron chi connectivity index (χ3n) is 3.63. The van der Waals surface area contributed by atoms with Crippen molar-refractivity contribution in [3.63, 3.8) is 0 Å². The molecule has 0 saturated carbocycles. The maximum absolute atomic E-state index is 12.2. The van der Waals surface area contributed by atoms with Gasteiger partial charge in [0, 0.05) is 6.42 Å². The second kappa shape index (κ2) is 5.13. The highest BCUT2D eigenvalue weighted by Crippen LogP contribution is 2.36. The van der Waals surface area contributed by atoms with E-state index in [1.807, 2.05) is 24.3 Å². The van der Waals surface area contributed by atoms with Gasteiger partial charge >= 0.3 is 5.97 Å². The molecule has 1 heterocycles. The van der Waals surface area contributed by atoms with Crippen molar-refractivity contribution in [2.75, 3.05) is 7.11 Å². The molecule has 1 aliphatic heterocycles. The van der Waals surface area contributed by atoms with E-state index in [4.69, 9.17) is 4.74 Å². The van der Waals surface area contributed by atoms with E-state index in [9.17, 15) is 9.59 Å². The summed E-state index contributed by atoms with van der Waals surface area (Å²) in [5.74, 6) is -0.583. The largest absolute Gasteiger partial charge is 0.467 e. The standard InChI is InChI=1S/C15H18O4/c1-4-10-6-5-7-11(8-10)15(2)13(16)9-12(19-15)14(17)18-3/h5-8,12H,4,9H2,1-3H3. The second-order valence-corrected chi connectivity index (χ2v) is 4.84. The zero-order valence-electron chi connectivity index (χ0n) is 11.4. The molecule has 0 N–H and O–H groups in total. The summed E-state index contributed by atoms with van der Waals surface area (Å²) in [4.78, 5) is 23.7. The van der Waals surface area contributed by atoms with E-state index < -0.39 is 17.7 Å². The maximum atomic E-state index is 12.2. The molecule has 4 nitrogen and oxygen atoms in total. The average Bonchev–Trinajstić information content (AvgIpc) is 2.75. The first-order chi connectivity index (χ1) is 9.01. The van der Waals surface area contributed by atoms with Gasteiger partial charge in [0.05, 0.1) is 7.11 Å². The predicted octanol–water partition coefficient (Wildman–Crippen LogP) is 2.00. The molecule has 19 heavy (non-hydrogen) atoms. The van der Waals surface area contributed by atoms with Crippen molar-refractivity contribution >= 4 is 11.8 Å². The molecule has 1 aromatic rings. The van der Waals surface area contributed by atoms with Gasteiger partial charge in [-0.25, -0.2) is 4.79 Å². The number of ether oxygens (including phenoxy) is 2. The van der Waals surface area contributed by atoms with Crippen LogP contribution in [0.15, 0.2) is 24.3 Å². The van der Waals surface area contributed by atoms with Crippen LogP contribution >= 0.6 is 0 Å². The van der Waals surface area contributed by atoms with Crippen molar-refractivity contribution in [2.45, 2.75) is 38.4 Å². The summed E-state index contributed by atoms with van der Waals surface area (Å²) in [5.41, 5.74) is 0.879. The lowest BCUT2D eigenvalue weighted by Crippen LogP contribution is -2.30. The van der Waals surface area contributed by atoms with Gasteiger partial charge in [-0.1, -0.05) is 31.2 Å². The lowest BCUT2D eigenvalue weighted by molar-refractivity contribution is -0.158. The fourth-order valence-electron chi connectivity index (χ4n) is 2.33. The molecule has 0 bridgehead atoms. The summed E-state index contributed by atoms with van der Waals surface area (Å²) >= 11 is 0. The highest BCUT2D eigenvalue weighted by atomic mass is 16.6. The topological polar surface area (TPSA) is 52.6 Å². The number of benzene rings is 1. The second-order valence-electron chi connectivity index (χ2n) is 4.84. The number of carbonyl (C=O) groups excluding carboxylic acids is 2. The number of hydrogen-bond donors (Lipinski definition) is 0. The molecule has 1 fully saturated rings. The van der Waals surface area contributed by atoms with Crippen LogP contribution in [0, 0.1) is 0 Å². The summed E-state index contributed by atoms with van der Waals surface area (Å²) in [7, 11) is 1.30. The molecule has 2 rings (SSSR count). The minimum atomic E-state index is -1.05. The molecule has 0 radical (unpaired) electrons. The lowest BCUT2D eigenvalue weighted by atomic mass is 9.90. The summed E-state index contributed by atoms with van der Waals surface area (Å²) in [6.07, 6.45) is 0.158. The van der Waals surface area contributed by atoms with Gasteiger partial charge in [-0.05, 0) is 24.5 Å².